The van der Waals surface area contributed by atoms with Crippen LogP contribution in [0.15, 0.2) is 48.5 Å². The fourth-order valence-corrected chi connectivity index (χ4v) is 5.73. The van der Waals surface area contributed by atoms with Gasteiger partial charge in [0.05, 0.1) is 11.9 Å². The van der Waals surface area contributed by atoms with E-state index in [4.69, 9.17) is 11.6 Å². The quantitative estimate of drug-likeness (QED) is 0.431. The number of carbonyl (C=O) groups excluding carboxylic acids is 2. The maximum Gasteiger partial charge on any atom is 0.242 e. The van der Waals surface area contributed by atoms with Crippen molar-refractivity contribution in [2.24, 2.45) is 0 Å². The number of anilines is 1. The van der Waals surface area contributed by atoms with E-state index < -0.39 is 21.9 Å². The van der Waals surface area contributed by atoms with Crippen LogP contribution in [-0.4, -0.2) is 50.0 Å². The molecule has 1 atom stereocenters. The zero-order valence-corrected chi connectivity index (χ0v) is 22.9. The Labute approximate surface area is 224 Å². The third kappa shape index (κ3) is 8.43. The second-order valence-electron chi connectivity index (χ2n) is 9.55. The highest BCUT2D eigenvalue weighted by Crippen LogP contribution is 2.22. The first-order valence-electron chi connectivity index (χ1n) is 12.6. The van der Waals surface area contributed by atoms with Crippen LogP contribution in [0.1, 0.15) is 57.4 Å². The molecule has 0 aromatic heterocycles. The molecule has 2 amide bonds. The predicted octanol–water partition coefficient (Wildman–Crippen LogP) is 4.89. The number of carbonyl (C=O) groups is 2. The first-order valence-corrected chi connectivity index (χ1v) is 14.9. The number of sulfonamides is 1. The van der Waals surface area contributed by atoms with Crippen molar-refractivity contribution in [3.8, 4) is 0 Å². The highest BCUT2D eigenvalue weighted by atomic mass is 35.5. The van der Waals surface area contributed by atoms with Gasteiger partial charge < -0.3 is 10.2 Å². The highest BCUT2D eigenvalue weighted by Gasteiger charge is 2.29. The van der Waals surface area contributed by atoms with Crippen LogP contribution >= 0.6 is 11.6 Å². The van der Waals surface area contributed by atoms with Gasteiger partial charge in [0.1, 0.15) is 11.9 Å². The Balaban J connectivity index is 1.72. The molecule has 1 aliphatic rings. The van der Waals surface area contributed by atoms with Crippen molar-refractivity contribution in [3.05, 3.63) is 64.9 Å². The molecule has 0 heterocycles. The van der Waals surface area contributed by atoms with Gasteiger partial charge >= 0.3 is 0 Å². The van der Waals surface area contributed by atoms with Crippen molar-refractivity contribution >= 4 is 39.1 Å². The van der Waals surface area contributed by atoms with Gasteiger partial charge in [-0.3, -0.25) is 13.9 Å². The van der Waals surface area contributed by atoms with E-state index >= 15 is 0 Å². The number of rotatable bonds is 11. The average Bonchev–Trinajstić information content (AvgIpc) is 2.86. The smallest absolute Gasteiger partial charge is 0.242 e. The SMILES string of the molecule is C[C@@H](C(=O)NC1CCCCC1)N(Cc1ccccc1Cl)C(=O)CCCN(c1ccc(F)cc1)S(C)(=O)=O. The lowest BCUT2D eigenvalue weighted by atomic mass is 9.95. The summed E-state index contributed by atoms with van der Waals surface area (Å²) < 4.78 is 39.2. The lowest BCUT2D eigenvalue weighted by molar-refractivity contribution is -0.141. The molecule has 3 rings (SSSR count). The molecule has 0 radical (unpaired) electrons. The summed E-state index contributed by atoms with van der Waals surface area (Å²) in [5, 5.41) is 3.59. The standard InChI is InChI=1S/C27H35ClFN3O4S/c1-20(27(34)30-23-10-4-3-5-11-23)31(19-21-9-6-7-12-25(21)28)26(33)13-8-18-32(37(2,35)36)24-16-14-22(29)15-17-24/h6-7,9,12,14-17,20,23H,3-5,8,10-11,13,18-19H2,1-2H3,(H,30,34)/t20-/m0/s1. The molecule has 7 nitrogen and oxygen atoms in total. The summed E-state index contributed by atoms with van der Waals surface area (Å²) in [6.45, 7) is 1.90. The molecular formula is C27H35ClFN3O4S. The van der Waals surface area contributed by atoms with Gasteiger partial charge in [0.2, 0.25) is 21.8 Å². The van der Waals surface area contributed by atoms with E-state index in [1.807, 2.05) is 12.1 Å². The van der Waals surface area contributed by atoms with E-state index in [0.29, 0.717) is 10.7 Å². The molecule has 2 aromatic carbocycles. The molecule has 10 heteroatoms. The number of nitrogens with zero attached hydrogens (tertiary/aromatic N) is 2. The van der Waals surface area contributed by atoms with Crippen molar-refractivity contribution in [1.29, 1.82) is 0 Å². The van der Waals surface area contributed by atoms with Crippen molar-refractivity contribution < 1.29 is 22.4 Å². The first kappa shape index (κ1) is 28.9. The van der Waals surface area contributed by atoms with E-state index in [1.165, 1.54) is 35.6 Å². The third-order valence-electron chi connectivity index (χ3n) is 6.68. The fraction of sp³-hybridized carbons (Fsp3) is 0.481. The molecule has 2 aromatic rings. The minimum atomic E-state index is -3.64. The van der Waals surface area contributed by atoms with Crippen LogP contribution in [0.2, 0.25) is 5.02 Å². The molecule has 0 bridgehead atoms. The summed E-state index contributed by atoms with van der Waals surface area (Å²) in [6.07, 6.45) is 6.50. The molecule has 0 spiro atoms. The largest absolute Gasteiger partial charge is 0.352 e. The van der Waals surface area contributed by atoms with Crippen LogP contribution in [0.25, 0.3) is 0 Å². The summed E-state index contributed by atoms with van der Waals surface area (Å²) in [5.41, 5.74) is 1.04. The van der Waals surface area contributed by atoms with E-state index in [0.717, 1.165) is 41.8 Å². The fourth-order valence-electron chi connectivity index (χ4n) is 4.57. The van der Waals surface area contributed by atoms with E-state index in [1.54, 1.807) is 19.1 Å². The predicted molar refractivity (Wildman–Crippen MR) is 144 cm³/mol. The number of benzene rings is 2. The van der Waals surface area contributed by atoms with Gasteiger partial charge in [0.15, 0.2) is 0 Å². The number of halogens is 2. The summed E-state index contributed by atoms with van der Waals surface area (Å²) in [4.78, 5) is 28.0. The van der Waals surface area contributed by atoms with Crippen molar-refractivity contribution in [1.82, 2.24) is 10.2 Å². The summed E-state index contributed by atoms with van der Waals surface area (Å²) in [6, 6.07) is 11.7. The normalized spacial score (nSPS) is 15.1. The molecule has 0 saturated heterocycles. The monoisotopic (exact) mass is 551 g/mol. The van der Waals surface area contributed by atoms with Crippen LogP contribution < -0.4 is 9.62 Å². The number of hydrogen-bond acceptors (Lipinski definition) is 4. The van der Waals surface area contributed by atoms with Crippen LogP contribution in [-0.2, 0) is 26.2 Å². The molecule has 0 aliphatic heterocycles. The molecule has 37 heavy (non-hydrogen) atoms. The maximum atomic E-state index is 13.4. The second kappa shape index (κ2) is 13.2. The van der Waals surface area contributed by atoms with E-state index in [9.17, 15) is 22.4 Å². The van der Waals surface area contributed by atoms with Gasteiger partial charge in [-0.15, -0.1) is 0 Å². The number of hydrogen-bond donors (Lipinski definition) is 1. The zero-order valence-electron chi connectivity index (χ0n) is 21.3. The first-order chi connectivity index (χ1) is 17.6. The lowest BCUT2D eigenvalue weighted by Crippen LogP contribution is -2.50. The summed E-state index contributed by atoms with van der Waals surface area (Å²) >= 11 is 6.35. The van der Waals surface area contributed by atoms with Crippen molar-refractivity contribution in [3.63, 3.8) is 0 Å². The van der Waals surface area contributed by atoms with Crippen LogP contribution in [0, 0.1) is 5.82 Å². The maximum absolute atomic E-state index is 13.4. The van der Waals surface area contributed by atoms with Gasteiger partial charge in [0, 0.05) is 30.6 Å². The Kier molecular flexibility index (Phi) is 10.3. The van der Waals surface area contributed by atoms with Crippen molar-refractivity contribution in [2.45, 2.75) is 70.5 Å². The highest BCUT2D eigenvalue weighted by molar-refractivity contribution is 7.92. The van der Waals surface area contributed by atoms with Gasteiger partial charge in [0.25, 0.3) is 0 Å². The summed E-state index contributed by atoms with van der Waals surface area (Å²) in [5.74, 6) is -0.960. The van der Waals surface area contributed by atoms with E-state index in [-0.39, 0.29) is 43.8 Å². The minimum absolute atomic E-state index is 0.0265. The number of nitrogens with one attached hydrogen (secondary N) is 1. The summed E-state index contributed by atoms with van der Waals surface area (Å²) in [7, 11) is -3.64. The molecule has 1 N–H and O–H groups in total. The second-order valence-corrected chi connectivity index (χ2v) is 11.9. The molecular weight excluding hydrogens is 517 g/mol. The van der Waals surface area contributed by atoms with Gasteiger partial charge in [-0.2, -0.15) is 0 Å². The Morgan fingerprint density at radius 3 is 2.35 bits per heavy atom. The molecule has 202 valence electrons. The van der Waals surface area contributed by atoms with Crippen LogP contribution in [0.3, 0.4) is 0 Å². The lowest BCUT2D eigenvalue weighted by Gasteiger charge is -2.31. The topological polar surface area (TPSA) is 86.8 Å². The number of amides is 2. The Bertz CT molecular complexity index is 1170. The van der Waals surface area contributed by atoms with Crippen molar-refractivity contribution in [2.75, 3.05) is 17.1 Å². The van der Waals surface area contributed by atoms with Crippen LogP contribution in [0.4, 0.5) is 10.1 Å². The Morgan fingerprint density at radius 1 is 1.08 bits per heavy atom. The average molecular weight is 552 g/mol. The van der Waals surface area contributed by atoms with Gasteiger partial charge in [-0.05, 0) is 62.1 Å². The van der Waals surface area contributed by atoms with Gasteiger partial charge in [-0.25, -0.2) is 12.8 Å². The Hall–Kier alpha value is -2.65. The molecule has 1 aliphatic carbocycles. The van der Waals surface area contributed by atoms with Crippen LogP contribution in [0.5, 0.6) is 0 Å². The van der Waals surface area contributed by atoms with Gasteiger partial charge in [-0.1, -0.05) is 49.1 Å². The molecule has 1 saturated carbocycles. The zero-order chi connectivity index (χ0) is 27.0. The third-order valence-corrected chi connectivity index (χ3v) is 8.25. The molecule has 1 fully saturated rings. The Morgan fingerprint density at radius 2 is 1.73 bits per heavy atom. The minimum Gasteiger partial charge on any atom is -0.352 e. The molecule has 0 unspecified atom stereocenters. The van der Waals surface area contributed by atoms with E-state index in [2.05, 4.69) is 5.32 Å².